The van der Waals surface area contributed by atoms with Gasteiger partial charge in [0, 0.05) is 39.0 Å². The zero-order valence-corrected chi connectivity index (χ0v) is 18.2. The number of aldehydes is 1. The fourth-order valence-electron chi connectivity index (χ4n) is 2.89. The van der Waals surface area contributed by atoms with Crippen molar-refractivity contribution < 1.29 is 9.18 Å². The van der Waals surface area contributed by atoms with Crippen LogP contribution in [0.2, 0.25) is 0 Å². The van der Waals surface area contributed by atoms with Gasteiger partial charge in [-0.05, 0) is 44.0 Å². The van der Waals surface area contributed by atoms with Gasteiger partial charge in [-0.25, -0.2) is 4.39 Å². The van der Waals surface area contributed by atoms with Crippen molar-refractivity contribution in [3.63, 3.8) is 0 Å². The second-order valence-electron chi connectivity index (χ2n) is 7.19. The first-order valence-electron chi connectivity index (χ1n) is 9.91. The number of allylic oxidation sites excluding steroid dienone is 3. The Labute approximate surface area is 175 Å². The van der Waals surface area contributed by atoms with Crippen molar-refractivity contribution in [3.05, 3.63) is 83.6 Å². The number of nitrogens with one attached hydrogen (secondary N) is 1. The highest BCUT2D eigenvalue weighted by atomic mass is 19.1. The lowest BCUT2D eigenvalue weighted by molar-refractivity contribution is -0.104. The van der Waals surface area contributed by atoms with Crippen molar-refractivity contribution in [1.82, 2.24) is 15.1 Å². The highest BCUT2D eigenvalue weighted by Gasteiger charge is 2.17. The van der Waals surface area contributed by atoms with Gasteiger partial charge in [-0.15, -0.1) is 0 Å². The van der Waals surface area contributed by atoms with Crippen LogP contribution in [0.5, 0.6) is 0 Å². The van der Waals surface area contributed by atoms with Crippen LogP contribution in [0.3, 0.4) is 0 Å². The van der Waals surface area contributed by atoms with Crippen molar-refractivity contribution in [2.75, 3.05) is 33.7 Å². The van der Waals surface area contributed by atoms with Gasteiger partial charge in [-0.2, -0.15) is 0 Å². The first-order chi connectivity index (χ1) is 13.8. The van der Waals surface area contributed by atoms with Crippen LogP contribution in [0.4, 0.5) is 4.39 Å². The van der Waals surface area contributed by atoms with E-state index in [4.69, 9.17) is 0 Å². The number of nitrogens with zero attached hydrogens (tertiary/aromatic N) is 2. The summed E-state index contributed by atoms with van der Waals surface area (Å²) in [6.45, 7) is 14.5. The Morgan fingerprint density at radius 3 is 2.38 bits per heavy atom. The van der Waals surface area contributed by atoms with Crippen molar-refractivity contribution in [3.8, 4) is 0 Å². The molecule has 0 aliphatic carbocycles. The first kappa shape index (κ1) is 24.4. The number of carbonyl (C=O) groups is 1. The molecule has 29 heavy (non-hydrogen) atoms. The number of rotatable bonds is 13. The van der Waals surface area contributed by atoms with Crippen LogP contribution in [-0.2, 0) is 11.2 Å². The summed E-state index contributed by atoms with van der Waals surface area (Å²) in [5.41, 5.74) is 4.07. The van der Waals surface area contributed by atoms with Gasteiger partial charge in [0.2, 0.25) is 0 Å². The highest BCUT2D eigenvalue weighted by Crippen LogP contribution is 2.22. The molecule has 0 unspecified atom stereocenters. The predicted octanol–water partition coefficient (Wildman–Crippen LogP) is 4.29. The number of hydrogen-bond acceptors (Lipinski definition) is 4. The molecule has 0 radical (unpaired) electrons. The van der Waals surface area contributed by atoms with Gasteiger partial charge in [-0.1, -0.05) is 43.9 Å². The zero-order valence-electron chi connectivity index (χ0n) is 18.2. The Morgan fingerprint density at radius 1 is 1.21 bits per heavy atom. The van der Waals surface area contributed by atoms with Gasteiger partial charge in [0.05, 0.1) is 11.4 Å². The van der Waals surface area contributed by atoms with Crippen molar-refractivity contribution in [2.24, 2.45) is 0 Å². The van der Waals surface area contributed by atoms with Crippen LogP contribution in [-0.4, -0.2) is 49.8 Å². The summed E-state index contributed by atoms with van der Waals surface area (Å²) in [6.07, 6.45) is 6.15. The Hall–Kier alpha value is -2.66. The second kappa shape index (κ2) is 12.7. The van der Waals surface area contributed by atoms with E-state index in [1.54, 1.807) is 18.2 Å². The van der Waals surface area contributed by atoms with Gasteiger partial charge < -0.3 is 15.1 Å². The molecule has 0 atom stereocenters. The molecule has 0 heterocycles. The largest absolute Gasteiger partial charge is 0.376 e. The average molecular weight is 400 g/mol. The molecular formula is C24H34FN3O. The topological polar surface area (TPSA) is 35.6 Å². The van der Waals surface area contributed by atoms with E-state index in [-0.39, 0.29) is 5.82 Å². The Kier molecular flexibility index (Phi) is 10.7. The van der Waals surface area contributed by atoms with Crippen LogP contribution in [0.1, 0.15) is 25.8 Å². The molecule has 158 valence electrons. The third-order valence-corrected chi connectivity index (χ3v) is 4.45. The van der Waals surface area contributed by atoms with E-state index in [1.165, 1.54) is 12.1 Å². The number of halogens is 1. The number of likely N-dealkylation sites (N-methyl/N-ethyl adjacent to an activating group) is 1. The third kappa shape index (κ3) is 8.08. The average Bonchev–Trinajstić information content (AvgIpc) is 2.69. The van der Waals surface area contributed by atoms with Gasteiger partial charge in [-0.3, -0.25) is 4.79 Å². The second-order valence-corrected chi connectivity index (χ2v) is 7.19. The Morgan fingerprint density at radius 2 is 1.86 bits per heavy atom. The number of benzene rings is 1. The first-order valence-corrected chi connectivity index (χ1v) is 9.91. The van der Waals surface area contributed by atoms with Crippen molar-refractivity contribution in [2.45, 2.75) is 26.7 Å². The van der Waals surface area contributed by atoms with E-state index in [9.17, 15) is 9.18 Å². The van der Waals surface area contributed by atoms with E-state index in [0.717, 1.165) is 48.3 Å². The Balaban J connectivity index is 3.25. The molecule has 5 heteroatoms. The van der Waals surface area contributed by atoms with E-state index in [0.29, 0.717) is 18.5 Å². The summed E-state index contributed by atoms with van der Waals surface area (Å²) < 4.78 is 13.2. The monoisotopic (exact) mass is 399 g/mol. The fourth-order valence-corrected chi connectivity index (χ4v) is 2.89. The van der Waals surface area contributed by atoms with Crippen molar-refractivity contribution >= 4 is 6.29 Å². The van der Waals surface area contributed by atoms with Gasteiger partial charge in [0.15, 0.2) is 6.29 Å². The van der Waals surface area contributed by atoms with E-state index in [2.05, 4.69) is 30.3 Å². The minimum atomic E-state index is -0.242. The lowest BCUT2D eigenvalue weighted by Crippen LogP contribution is -2.32. The molecule has 0 amide bonds. The highest BCUT2D eigenvalue weighted by molar-refractivity contribution is 5.80. The molecule has 0 saturated heterocycles. The molecule has 0 bridgehead atoms. The summed E-state index contributed by atoms with van der Waals surface area (Å²) in [6, 6.07) is 6.51. The summed E-state index contributed by atoms with van der Waals surface area (Å²) in [7, 11) is 3.80. The summed E-state index contributed by atoms with van der Waals surface area (Å²) in [5.74, 6) is -0.242. The van der Waals surface area contributed by atoms with Gasteiger partial charge in [0.25, 0.3) is 0 Å². The summed E-state index contributed by atoms with van der Waals surface area (Å²) in [4.78, 5) is 15.6. The lowest BCUT2D eigenvalue weighted by atomic mass is 10.1. The molecule has 4 nitrogen and oxygen atoms in total. The summed E-state index contributed by atoms with van der Waals surface area (Å²) in [5, 5.41) is 3.40. The normalized spacial score (nSPS) is 12.2. The SMILES string of the molecule is C=C/C(C=O)=C(\C(=C)N(C)C)N(/C=C(\C)Cc1ccc(F)cc1)CCNCCC. The minimum absolute atomic E-state index is 0.242. The molecule has 1 N–H and O–H groups in total. The number of carbonyl (C=O) groups excluding carboxylic acids is 1. The fraction of sp³-hybridized carbons (Fsp3) is 0.375. The lowest BCUT2D eigenvalue weighted by Gasteiger charge is -2.30. The van der Waals surface area contributed by atoms with Crippen LogP contribution >= 0.6 is 0 Å². The molecule has 1 aromatic carbocycles. The maximum Gasteiger partial charge on any atom is 0.152 e. The number of hydrogen-bond donors (Lipinski definition) is 1. The van der Waals surface area contributed by atoms with E-state index >= 15 is 0 Å². The molecule has 1 aromatic rings. The standard InChI is InChI=1S/C24H34FN3O/c1-7-13-26-14-15-28(24(20(4)27(5)6)22(8-2)18-29)17-19(3)16-21-9-11-23(25)12-10-21/h8-12,17-18,26H,2,4,7,13-16H2,1,3,5-6H3/b19-17+,24-22-. The predicted molar refractivity (Wildman–Crippen MR) is 120 cm³/mol. The zero-order chi connectivity index (χ0) is 21.8. The van der Waals surface area contributed by atoms with E-state index in [1.807, 2.05) is 32.1 Å². The molecular weight excluding hydrogens is 365 g/mol. The Bertz CT molecular complexity index is 738. The maximum absolute atomic E-state index is 13.2. The molecule has 0 saturated carbocycles. The third-order valence-electron chi connectivity index (χ3n) is 4.45. The molecule has 0 fully saturated rings. The van der Waals surface area contributed by atoms with Crippen LogP contribution < -0.4 is 5.32 Å². The molecule has 0 aliphatic rings. The van der Waals surface area contributed by atoms with Gasteiger partial charge in [0.1, 0.15) is 5.82 Å². The smallest absolute Gasteiger partial charge is 0.152 e. The van der Waals surface area contributed by atoms with Crippen LogP contribution in [0.15, 0.2) is 72.2 Å². The summed E-state index contributed by atoms with van der Waals surface area (Å²) >= 11 is 0. The van der Waals surface area contributed by atoms with Crippen molar-refractivity contribution in [1.29, 1.82) is 0 Å². The quantitative estimate of drug-likeness (QED) is 0.232. The molecule has 1 rings (SSSR count). The van der Waals surface area contributed by atoms with Crippen LogP contribution in [0.25, 0.3) is 0 Å². The van der Waals surface area contributed by atoms with Crippen LogP contribution in [0, 0.1) is 5.82 Å². The minimum Gasteiger partial charge on any atom is -0.376 e. The van der Waals surface area contributed by atoms with E-state index < -0.39 is 0 Å². The molecule has 0 aliphatic heterocycles. The molecule has 0 spiro atoms. The molecule has 0 aromatic heterocycles. The van der Waals surface area contributed by atoms with Gasteiger partial charge >= 0.3 is 0 Å². The maximum atomic E-state index is 13.2.